The third-order valence-corrected chi connectivity index (χ3v) is 2.68. The number of carboxylic acid groups (broad SMARTS) is 1. The predicted molar refractivity (Wildman–Crippen MR) is 82.4 cm³/mol. The number of amides is 1. The topological polar surface area (TPSA) is 78.9 Å². The number of ether oxygens (including phenoxy) is 1. The van der Waals surface area contributed by atoms with Gasteiger partial charge in [-0.2, -0.15) is 0 Å². The number of hydrogen-bond donors (Lipinski definition) is 2. The summed E-state index contributed by atoms with van der Waals surface area (Å²) in [5, 5.41) is 11.7. The largest absolute Gasteiger partial charge is 0.481 e. The van der Waals surface area contributed by atoms with Crippen molar-refractivity contribution < 1.29 is 19.4 Å². The number of carbonyl (C=O) groups excluding carboxylic acids is 1. The fourth-order valence-corrected chi connectivity index (χ4v) is 1.70. The van der Waals surface area contributed by atoms with Gasteiger partial charge >= 0.3 is 12.1 Å². The molecule has 0 aromatic rings. The maximum Gasteiger partial charge on any atom is 0.410 e. The maximum absolute atomic E-state index is 12.2. The summed E-state index contributed by atoms with van der Waals surface area (Å²) >= 11 is 0. The zero-order chi connectivity index (χ0) is 16.7. The van der Waals surface area contributed by atoms with Crippen molar-refractivity contribution in [3.05, 3.63) is 0 Å². The molecule has 0 aliphatic carbocycles. The standard InChI is InChI=1S/C15H30N2O4/c1-14(2,3)17(13(20)21-15(4,5)6)11-10-16-9-7-8-12(18)19/h16H,7-11H2,1-6H3,(H,18,19). The van der Waals surface area contributed by atoms with Gasteiger partial charge in [-0.3, -0.25) is 4.79 Å². The maximum atomic E-state index is 12.2. The van der Waals surface area contributed by atoms with Crippen LogP contribution in [0.2, 0.25) is 0 Å². The SMILES string of the molecule is CC(C)(C)OC(=O)N(CCNCCCC(=O)O)C(C)(C)C. The zero-order valence-corrected chi connectivity index (χ0v) is 14.2. The van der Waals surface area contributed by atoms with E-state index in [1.54, 1.807) is 4.90 Å². The van der Waals surface area contributed by atoms with E-state index >= 15 is 0 Å². The lowest BCUT2D eigenvalue weighted by atomic mass is 10.1. The summed E-state index contributed by atoms with van der Waals surface area (Å²) in [6.07, 6.45) is 0.404. The van der Waals surface area contributed by atoms with Crippen LogP contribution in [0.5, 0.6) is 0 Å². The number of nitrogens with one attached hydrogen (secondary N) is 1. The van der Waals surface area contributed by atoms with E-state index in [1.807, 2.05) is 41.5 Å². The van der Waals surface area contributed by atoms with E-state index in [0.29, 0.717) is 26.1 Å². The fraction of sp³-hybridized carbons (Fsp3) is 0.867. The molecule has 0 aromatic heterocycles. The van der Waals surface area contributed by atoms with Gasteiger partial charge in [-0.1, -0.05) is 0 Å². The molecule has 0 saturated carbocycles. The third-order valence-electron chi connectivity index (χ3n) is 2.68. The first kappa shape index (κ1) is 19.7. The summed E-state index contributed by atoms with van der Waals surface area (Å²) in [5.41, 5.74) is -0.847. The van der Waals surface area contributed by atoms with E-state index in [-0.39, 0.29) is 18.1 Å². The minimum atomic E-state index is -0.790. The molecule has 0 fully saturated rings. The Bertz CT molecular complexity index is 343. The minimum absolute atomic E-state index is 0.155. The average molecular weight is 302 g/mol. The van der Waals surface area contributed by atoms with Crippen LogP contribution in [0.4, 0.5) is 4.79 Å². The Hall–Kier alpha value is -1.30. The smallest absolute Gasteiger partial charge is 0.410 e. The first-order valence-corrected chi connectivity index (χ1v) is 7.36. The van der Waals surface area contributed by atoms with E-state index in [9.17, 15) is 9.59 Å². The molecule has 0 atom stereocenters. The highest BCUT2D eigenvalue weighted by atomic mass is 16.6. The normalized spacial score (nSPS) is 12.1. The zero-order valence-electron chi connectivity index (χ0n) is 14.2. The Balaban J connectivity index is 4.27. The van der Waals surface area contributed by atoms with Gasteiger partial charge in [0.1, 0.15) is 5.60 Å². The van der Waals surface area contributed by atoms with Gasteiger partial charge in [0.05, 0.1) is 0 Å². The molecule has 0 unspecified atom stereocenters. The van der Waals surface area contributed by atoms with E-state index in [0.717, 1.165) is 0 Å². The Morgan fingerprint density at radius 2 is 1.67 bits per heavy atom. The summed E-state index contributed by atoms with van der Waals surface area (Å²) in [5.74, 6) is -0.790. The molecular weight excluding hydrogens is 272 g/mol. The van der Waals surface area contributed by atoms with Crippen LogP contribution in [0.1, 0.15) is 54.4 Å². The minimum Gasteiger partial charge on any atom is -0.481 e. The Morgan fingerprint density at radius 1 is 1.10 bits per heavy atom. The Kier molecular flexibility index (Phi) is 7.71. The molecule has 0 spiro atoms. The van der Waals surface area contributed by atoms with E-state index < -0.39 is 11.6 Å². The predicted octanol–water partition coefficient (Wildman–Crippen LogP) is 2.48. The summed E-state index contributed by atoms with van der Waals surface area (Å²) in [4.78, 5) is 24.3. The molecule has 0 aliphatic rings. The lowest BCUT2D eigenvalue weighted by molar-refractivity contribution is -0.137. The number of rotatable bonds is 7. The Morgan fingerprint density at radius 3 is 2.10 bits per heavy atom. The van der Waals surface area contributed by atoms with E-state index in [1.165, 1.54) is 0 Å². The number of hydrogen-bond acceptors (Lipinski definition) is 4. The first-order chi connectivity index (χ1) is 9.43. The number of nitrogens with zero attached hydrogens (tertiary/aromatic N) is 1. The highest BCUT2D eigenvalue weighted by Crippen LogP contribution is 2.17. The second kappa shape index (κ2) is 8.22. The second-order valence-corrected chi connectivity index (χ2v) is 7.05. The molecule has 21 heavy (non-hydrogen) atoms. The summed E-state index contributed by atoms with van der Waals surface area (Å²) < 4.78 is 5.42. The molecular formula is C15H30N2O4. The summed E-state index contributed by atoms with van der Waals surface area (Å²) in [7, 11) is 0. The van der Waals surface area contributed by atoms with Crippen molar-refractivity contribution in [3.8, 4) is 0 Å². The van der Waals surface area contributed by atoms with Gasteiger partial charge in [-0.25, -0.2) is 4.79 Å². The highest BCUT2D eigenvalue weighted by Gasteiger charge is 2.30. The van der Waals surface area contributed by atoms with Crippen molar-refractivity contribution >= 4 is 12.1 Å². The van der Waals surface area contributed by atoms with Gasteiger partial charge in [0, 0.05) is 25.0 Å². The van der Waals surface area contributed by atoms with Crippen LogP contribution in [-0.4, -0.2) is 52.8 Å². The molecule has 0 bridgehead atoms. The van der Waals surface area contributed by atoms with Crippen LogP contribution in [-0.2, 0) is 9.53 Å². The molecule has 2 N–H and O–H groups in total. The van der Waals surface area contributed by atoms with Crippen molar-refractivity contribution in [2.75, 3.05) is 19.6 Å². The van der Waals surface area contributed by atoms with Crippen molar-refractivity contribution in [1.29, 1.82) is 0 Å². The van der Waals surface area contributed by atoms with Crippen molar-refractivity contribution in [2.24, 2.45) is 0 Å². The molecule has 0 aromatic carbocycles. The second-order valence-electron chi connectivity index (χ2n) is 7.05. The Labute approximate surface area is 127 Å². The van der Waals surface area contributed by atoms with Crippen LogP contribution in [0, 0.1) is 0 Å². The number of carbonyl (C=O) groups is 2. The van der Waals surface area contributed by atoms with Crippen molar-refractivity contribution in [1.82, 2.24) is 10.2 Å². The van der Waals surface area contributed by atoms with Gasteiger partial charge < -0.3 is 20.1 Å². The van der Waals surface area contributed by atoms with Crippen LogP contribution in [0.3, 0.4) is 0 Å². The van der Waals surface area contributed by atoms with Gasteiger partial charge in [-0.15, -0.1) is 0 Å². The van der Waals surface area contributed by atoms with E-state index in [2.05, 4.69) is 5.32 Å². The number of aliphatic carboxylic acids is 1. The van der Waals surface area contributed by atoms with Crippen molar-refractivity contribution in [2.45, 2.75) is 65.5 Å². The van der Waals surface area contributed by atoms with Crippen LogP contribution >= 0.6 is 0 Å². The van der Waals surface area contributed by atoms with Crippen LogP contribution < -0.4 is 5.32 Å². The molecule has 0 saturated heterocycles. The van der Waals surface area contributed by atoms with Crippen LogP contribution in [0.25, 0.3) is 0 Å². The third kappa shape index (κ3) is 10.1. The van der Waals surface area contributed by atoms with E-state index in [4.69, 9.17) is 9.84 Å². The molecule has 6 nitrogen and oxygen atoms in total. The van der Waals surface area contributed by atoms with Gasteiger partial charge in [0.2, 0.25) is 0 Å². The molecule has 0 heterocycles. The van der Waals surface area contributed by atoms with Gasteiger partial charge in [-0.05, 0) is 54.5 Å². The summed E-state index contributed by atoms with van der Waals surface area (Å²) in [6.45, 7) is 13.2. The quantitative estimate of drug-likeness (QED) is 0.706. The molecule has 6 heteroatoms. The molecule has 124 valence electrons. The average Bonchev–Trinajstić information content (AvgIpc) is 2.22. The van der Waals surface area contributed by atoms with Crippen molar-refractivity contribution in [3.63, 3.8) is 0 Å². The fourth-order valence-electron chi connectivity index (χ4n) is 1.70. The van der Waals surface area contributed by atoms with Crippen LogP contribution in [0.15, 0.2) is 0 Å². The molecule has 0 radical (unpaired) electrons. The first-order valence-electron chi connectivity index (χ1n) is 7.36. The highest BCUT2D eigenvalue weighted by molar-refractivity contribution is 5.69. The molecule has 0 rings (SSSR count). The number of carboxylic acids is 1. The molecule has 1 amide bonds. The summed E-state index contributed by atoms with van der Waals surface area (Å²) in [6, 6.07) is 0. The lowest BCUT2D eigenvalue weighted by Gasteiger charge is -2.36. The molecule has 0 aliphatic heterocycles. The monoisotopic (exact) mass is 302 g/mol. The van der Waals surface area contributed by atoms with Gasteiger partial charge in [0.25, 0.3) is 0 Å². The van der Waals surface area contributed by atoms with Gasteiger partial charge in [0.15, 0.2) is 0 Å². The lowest BCUT2D eigenvalue weighted by Crippen LogP contribution is -2.50.